The molecule has 15 heteroatoms. The summed E-state index contributed by atoms with van der Waals surface area (Å²) >= 11 is 0. The van der Waals surface area contributed by atoms with E-state index in [1.165, 1.54) is 5.56 Å². The molecular formula is C37H55N4O10P. The highest BCUT2D eigenvalue weighted by molar-refractivity contribution is 7.47. The van der Waals surface area contributed by atoms with E-state index < -0.39 is 31.8 Å². The average molecular weight is 747 g/mol. The zero-order valence-electron chi connectivity index (χ0n) is 31.2. The van der Waals surface area contributed by atoms with Gasteiger partial charge in [0.2, 0.25) is 0 Å². The average Bonchev–Trinajstić information content (AvgIpc) is 3.04. The van der Waals surface area contributed by atoms with Crippen molar-refractivity contribution in [2.75, 3.05) is 72.1 Å². The maximum atomic E-state index is 13.0. The van der Waals surface area contributed by atoms with Gasteiger partial charge in [-0.25, -0.2) is 4.57 Å². The molecule has 0 amide bonds. The lowest BCUT2D eigenvalue weighted by Gasteiger charge is -2.36. The fraction of sp³-hybridized carbons (Fsp3) is 0.568. The fourth-order valence-electron chi connectivity index (χ4n) is 6.80. The summed E-state index contributed by atoms with van der Waals surface area (Å²) in [7, 11) is -4.56. The van der Waals surface area contributed by atoms with Gasteiger partial charge in [0.1, 0.15) is 24.4 Å². The Kier molecular flexibility index (Phi) is 16.6. The minimum Gasteiger partial charge on any atom is -0.480 e. The lowest BCUT2D eigenvalue weighted by atomic mass is 9.90. The monoisotopic (exact) mass is 746 g/mol. The Bertz CT molecular complexity index is 1580. The molecule has 0 saturated carbocycles. The first-order valence-corrected chi connectivity index (χ1v) is 19.2. The van der Waals surface area contributed by atoms with Gasteiger partial charge in [-0.3, -0.25) is 38.6 Å². The van der Waals surface area contributed by atoms with E-state index in [2.05, 4.69) is 26.0 Å². The third-order valence-electron chi connectivity index (χ3n) is 9.56. The van der Waals surface area contributed by atoms with Crippen molar-refractivity contribution >= 4 is 32.3 Å². The summed E-state index contributed by atoms with van der Waals surface area (Å²) in [6.45, 7) is 14.1. The van der Waals surface area contributed by atoms with E-state index >= 15 is 0 Å². The Labute approximate surface area is 306 Å². The molecule has 2 aromatic carbocycles. The molecule has 1 fully saturated rings. The first kappa shape index (κ1) is 42.9. The minimum absolute atomic E-state index is 0.0780. The molecule has 288 valence electrons. The Balaban J connectivity index is 1.69. The number of hydrogen-bond acceptors (Lipinski definition) is 11. The van der Waals surface area contributed by atoms with Crippen molar-refractivity contribution in [3.8, 4) is 16.9 Å². The maximum Gasteiger partial charge on any atom is 0.527 e. The summed E-state index contributed by atoms with van der Waals surface area (Å²) in [5, 5.41) is 19.8. The van der Waals surface area contributed by atoms with Gasteiger partial charge >= 0.3 is 19.8 Å². The fourth-order valence-corrected chi connectivity index (χ4v) is 7.66. The van der Waals surface area contributed by atoms with Gasteiger partial charge in [-0.05, 0) is 99.9 Å². The van der Waals surface area contributed by atoms with Gasteiger partial charge in [-0.2, -0.15) is 0 Å². The highest BCUT2D eigenvalue weighted by Crippen LogP contribution is 2.46. The number of carbonyl (C=O) groups excluding carboxylic acids is 2. The minimum atomic E-state index is -4.56. The van der Waals surface area contributed by atoms with Crippen LogP contribution in [0.5, 0.6) is 5.75 Å². The SMILES string of the molecule is Cc1cc(C)c(-c2cc(C)c(OP(=O)(O)OCCC[C@H](C(=O)O)N3CCN(CC=O)CCN([C@H](C)C=O)CCN(CC(=O)O)CC3)cc2C)c(C)c1. The Morgan fingerprint density at radius 1 is 0.827 bits per heavy atom. The summed E-state index contributed by atoms with van der Waals surface area (Å²) in [4.78, 5) is 65.1. The van der Waals surface area contributed by atoms with Crippen LogP contribution in [0.3, 0.4) is 0 Å². The predicted molar refractivity (Wildman–Crippen MR) is 198 cm³/mol. The van der Waals surface area contributed by atoms with Crippen LogP contribution in [0.15, 0.2) is 24.3 Å². The molecular weight excluding hydrogens is 691 g/mol. The van der Waals surface area contributed by atoms with Crippen LogP contribution in [0.25, 0.3) is 11.1 Å². The molecule has 0 bridgehead atoms. The number of benzene rings is 2. The van der Waals surface area contributed by atoms with Gasteiger partial charge < -0.3 is 24.3 Å². The first-order valence-electron chi connectivity index (χ1n) is 17.7. The van der Waals surface area contributed by atoms with Crippen molar-refractivity contribution < 1.29 is 47.9 Å². The number of aryl methyl sites for hydroxylation is 5. The molecule has 1 unspecified atom stereocenters. The first-order chi connectivity index (χ1) is 24.5. The van der Waals surface area contributed by atoms with Crippen molar-refractivity contribution in [1.29, 1.82) is 0 Å². The number of rotatable bonds is 16. The Morgan fingerprint density at radius 2 is 1.40 bits per heavy atom. The van der Waals surface area contributed by atoms with Crippen LogP contribution in [0.2, 0.25) is 0 Å². The van der Waals surface area contributed by atoms with E-state index in [0.717, 1.165) is 40.4 Å². The number of hydrogen-bond donors (Lipinski definition) is 3. The van der Waals surface area contributed by atoms with Crippen LogP contribution < -0.4 is 4.52 Å². The molecule has 14 nitrogen and oxygen atoms in total. The zero-order chi connectivity index (χ0) is 38.6. The molecule has 0 aliphatic carbocycles. The van der Waals surface area contributed by atoms with Crippen LogP contribution in [0.4, 0.5) is 0 Å². The summed E-state index contributed by atoms with van der Waals surface area (Å²) in [5.41, 5.74) is 7.06. The smallest absolute Gasteiger partial charge is 0.480 e. The second-order valence-electron chi connectivity index (χ2n) is 13.7. The number of carbonyl (C=O) groups is 4. The van der Waals surface area contributed by atoms with Gasteiger partial charge in [-0.1, -0.05) is 17.7 Å². The predicted octanol–water partition coefficient (Wildman–Crippen LogP) is 3.72. The number of nitrogens with zero attached hydrogens (tertiary/aromatic N) is 4. The largest absolute Gasteiger partial charge is 0.527 e. The van der Waals surface area contributed by atoms with Crippen molar-refractivity contribution in [3.05, 3.63) is 52.1 Å². The number of carboxylic acid groups (broad SMARTS) is 2. The molecule has 3 rings (SSSR count). The van der Waals surface area contributed by atoms with Crippen molar-refractivity contribution in [3.63, 3.8) is 0 Å². The lowest BCUT2D eigenvalue weighted by Crippen LogP contribution is -2.52. The van der Waals surface area contributed by atoms with Gasteiger partial charge in [0.25, 0.3) is 0 Å². The maximum absolute atomic E-state index is 13.0. The van der Waals surface area contributed by atoms with Crippen molar-refractivity contribution in [2.45, 2.75) is 66.5 Å². The molecule has 3 atom stereocenters. The summed E-state index contributed by atoms with van der Waals surface area (Å²) in [6.07, 6.45) is 1.81. The van der Waals surface area contributed by atoms with E-state index in [1.54, 1.807) is 29.7 Å². The molecule has 1 saturated heterocycles. The Hall–Kier alpha value is -3.49. The molecule has 1 heterocycles. The third kappa shape index (κ3) is 12.9. The molecule has 0 spiro atoms. The molecule has 0 radical (unpaired) electrons. The van der Waals surface area contributed by atoms with Crippen LogP contribution in [0.1, 0.15) is 47.6 Å². The van der Waals surface area contributed by atoms with Gasteiger partial charge in [0.15, 0.2) is 0 Å². The highest BCUT2D eigenvalue weighted by Gasteiger charge is 2.29. The van der Waals surface area contributed by atoms with E-state index in [1.807, 2.05) is 29.7 Å². The normalized spacial score (nSPS) is 18.4. The van der Waals surface area contributed by atoms with Gasteiger partial charge in [0.05, 0.1) is 25.7 Å². The number of aldehydes is 2. The van der Waals surface area contributed by atoms with Crippen LogP contribution >= 0.6 is 7.82 Å². The van der Waals surface area contributed by atoms with Crippen molar-refractivity contribution in [2.24, 2.45) is 0 Å². The van der Waals surface area contributed by atoms with E-state index in [0.29, 0.717) is 38.3 Å². The van der Waals surface area contributed by atoms with E-state index in [4.69, 9.17) is 9.05 Å². The van der Waals surface area contributed by atoms with Crippen LogP contribution in [-0.2, 0) is 28.3 Å². The molecule has 3 N–H and O–H groups in total. The number of phosphoric acid groups is 1. The quantitative estimate of drug-likeness (QED) is 0.129. The standard InChI is InChI=1S/C37H55N4O10P/c1-26-20-29(4)36(30(5)21-26)32-22-28(3)34(23-27(32)2)51-52(48,49)50-19-7-8-33(37(46)47)41-15-10-38(17-18-42)9-13-40(31(6)25-43)14-11-39(12-16-41)24-35(44)45/h18,20-23,25,31,33H,7-17,19,24H2,1-6H3,(H,44,45)(H,46,47)(H,48,49)/t31-,33-/m1/s1. The molecule has 52 heavy (non-hydrogen) atoms. The summed E-state index contributed by atoms with van der Waals surface area (Å²) in [5.74, 6) is -1.91. The molecule has 0 aromatic heterocycles. The van der Waals surface area contributed by atoms with E-state index in [-0.39, 0.29) is 57.9 Å². The second kappa shape index (κ2) is 20.1. The second-order valence-corrected chi connectivity index (χ2v) is 15.1. The molecule has 1 aliphatic heterocycles. The zero-order valence-corrected chi connectivity index (χ0v) is 32.1. The number of phosphoric ester groups is 1. The topological polar surface area (TPSA) is 177 Å². The highest BCUT2D eigenvalue weighted by atomic mass is 31.2. The molecule has 2 aromatic rings. The summed E-state index contributed by atoms with van der Waals surface area (Å²) in [6, 6.07) is 6.48. The van der Waals surface area contributed by atoms with Crippen LogP contribution in [-0.4, -0.2) is 143 Å². The number of aliphatic carboxylic acids is 2. The molecule has 1 aliphatic rings. The van der Waals surface area contributed by atoms with E-state index in [9.17, 15) is 38.8 Å². The third-order valence-corrected chi connectivity index (χ3v) is 10.5. The van der Waals surface area contributed by atoms with Crippen molar-refractivity contribution in [1.82, 2.24) is 19.6 Å². The van der Waals surface area contributed by atoms with Gasteiger partial charge in [-0.15, -0.1) is 0 Å². The Morgan fingerprint density at radius 3 is 1.94 bits per heavy atom. The number of carboxylic acids is 2. The summed E-state index contributed by atoms with van der Waals surface area (Å²) < 4.78 is 23.8. The van der Waals surface area contributed by atoms with Gasteiger partial charge in [0, 0.05) is 52.4 Å². The lowest BCUT2D eigenvalue weighted by molar-refractivity contribution is -0.144. The van der Waals surface area contributed by atoms with Crippen LogP contribution in [0, 0.1) is 34.6 Å².